The molecular formula is C22H26ClN3O5S. The summed E-state index contributed by atoms with van der Waals surface area (Å²) in [5.74, 6) is 0.427. The lowest BCUT2D eigenvalue weighted by Crippen LogP contribution is -2.35. The van der Waals surface area contributed by atoms with Gasteiger partial charge in [0.15, 0.2) is 11.5 Å². The first-order valence-corrected chi connectivity index (χ1v) is 12.4. The van der Waals surface area contributed by atoms with Crippen molar-refractivity contribution >= 4 is 38.9 Å². The average Bonchev–Trinajstić information content (AvgIpc) is 2.79. The zero-order valence-corrected chi connectivity index (χ0v) is 19.4. The van der Waals surface area contributed by atoms with Crippen molar-refractivity contribution in [3.05, 3.63) is 41.4 Å². The Morgan fingerprint density at radius 2 is 1.78 bits per heavy atom. The van der Waals surface area contributed by atoms with Crippen LogP contribution in [0.1, 0.15) is 19.3 Å². The van der Waals surface area contributed by atoms with Crippen molar-refractivity contribution in [3.63, 3.8) is 0 Å². The molecule has 0 spiro atoms. The number of rotatable bonds is 6. The first-order valence-electron chi connectivity index (χ1n) is 10.5. The lowest BCUT2D eigenvalue weighted by Gasteiger charge is -2.30. The van der Waals surface area contributed by atoms with Crippen LogP contribution >= 0.6 is 11.6 Å². The minimum atomic E-state index is -3.90. The minimum absolute atomic E-state index is 0.0359. The molecule has 0 radical (unpaired) electrons. The molecule has 32 heavy (non-hydrogen) atoms. The summed E-state index contributed by atoms with van der Waals surface area (Å²) in [6.45, 7) is 2.24. The number of halogens is 1. The third-order valence-corrected chi connectivity index (χ3v) is 7.55. The van der Waals surface area contributed by atoms with Crippen molar-refractivity contribution in [1.29, 1.82) is 0 Å². The number of ether oxygens (including phenoxy) is 2. The van der Waals surface area contributed by atoms with Gasteiger partial charge < -0.3 is 19.7 Å². The number of carbonyl (C=O) groups excluding carboxylic acids is 1. The summed E-state index contributed by atoms with van der Waals surface area (Å²) in [6, 6.07) is 9.80. The molecule has 0 aromatic heterocycles. The van der Waals surface area contributed by atoms with Crippen LogP contribution in [0.3, 0.4) is 0 Å². The van der Waals surface area contributed by atoms with Crippen LogP contribution in [-0.2, 0) is 14.8 Å². The molecule has 0 atom stereocenters. The summed E-state index contributed by atoms with van der Waals surface area (Å²) in [6.07, 6.45) is 3.37. The monoisotopic (exact) mass is 479 g/mol. The van der Waals surface area contributed by atoms with Crippen LogP contribution in [-0.4, -0.2) is 58.5 Å². The van der Waals surface area contributed by atoms with Crippen LogP contribution < -0.4 is 19.7 Å². The van der Waals surface area contributed by atoms with E-state index in [2.05, 4.69) is 10.2 Å². The number of amides is 1. The van der Waals surface area contributed by atoms with Gasteiger partial charge in [-0.05, 0) is 49.6 Å². The number of likely N-dealkylation sites (N-methyl/N-ethyl adjacent to an activating group) is 1. The molecule has 10 heteroatoms. The van der Waals surface area contributed by atoms with Gasteiger partial charge in [0.25, 0.3) is 0 Å². The van der Waals surface area contributed by atoms with Gasteiger partial charge >= 0.3 is 0 Å². The quantitative estimate of drug-likeness (QED) is 0.683. The summed E-state index contributed by atoms with van der Waals surface area (Å²) in [7, 11) is -2.53. The Balaban J connectivity index is 1.48. The second kappa shape index (κ2) is 9.56. The van der Waals surface area contributed by atoms with Gasteiger partial charge in [-0.2, -0.15) is 4.31 Å². The third-order valence-electron chi connectivity index (χ3n) is 5.52. The minimum Gasteiger partial charge on any atom is -0.486 e. The summed E-state index contributed by atoms with van der Waals surface area (Å²) in [4.78, 5) is 15.0. The second-order valence-electron chi connectivity index (χ2n) is 7.82. The number of hydrogen-bond acceptors (Lipinski definition) is 6. The van der Waals surface area contributed by atoms with Crippen molar-refractivity contribution in [2.24, 2.45) is 0 Å². The predicted octanol–water partition coefficient (Wildman–Crippen LogP) is 3.36. The van der Waals surface area contributed by atoms with Gasteiger partial charge in [-0.25, -0.2) is 8.42 Å². The van der Waals surface area contributed by atoms with Crippen molar-refractivity contribution in [3.8, 4) is 11.5 Å². The van der Waals surface area contributed by atoms with E-state index in [-0.39, 0.29) is 11.4 Å². The molecule has 2 heterocycles. The summed E-state index contributed by atoms with van der Waals surface area (Å²) in [5.41, 5.74) is 1.47. The zero-order chi connectivity index (χ0) is 22.7. The Morgan fingerprint density at radius 3 is 2.53 bits per heavy atom. The maximum absolute atomic E-state index is 13.0. The van der Waals surface area contributed by atoms with Crippen LogP contribution in [0.25, 0.3) is 0 Å². The summed E-state index contributed by atoms with van der Waals surface area (Å²) < 4.78 is 37.9. The number of piperidine rings is 1. The highest BCUT2D eigenvalue weighted by Gasteiger charge is 2.26. The van der Waals surface area contributed by atoms with Gasteiger partial charge in [-0.15, -0.1) is 0 Å². The number of sulfonamides is 1. The zero-order valence-electron chi connectivity index (χ0n) is 17.8. The van der Waals surface area contributed by atoms with Gasteiger partial charge in [0, 0.05) is 31.2 Å². The molecule has 4 rings (SSSR count). The maximum atomic E-state index is 13.0. The van der Waals surface area contributed by atoms with E-state index < -0.39 is 15.9 Å². The number of benzene rings is 2. The molecule has 2 aliphatic heterocycles. The standard InChI is InChI=1S/C22H26ClN3O5S/c1-25(32(28,29)17-6-8-20-21(14-17)31-12-11-30-20)15-22(27)24-18-13-16(23)5-7-19(18)26-9-3-2-4-10-26/h5-8,13-14H,2-4,9-12,15H2,1H3,(H,24,27). The van der Waals surface area contributed by atoms with Crippen LogP contribution in [0.4, 0.5) is 11.4 Å². The lowest BCUT2D eigenvalue weighted by atomic mass is 10.1. The highest BCUT2D eigenvalue weighted by molar-refractivity contribution is 7.89. The fourth-order valence-corrected chi connectivity index (χ4v) is 5.18. The number of nitrogens with one attached hydrogen (secondary N) is 1. The lowest BCUT2D eigenvalue weighted by molar-refractivity contribution is -0.116. The molecule has 1 N–H and O–H groups in total. The Hall–Kier alpha value is -2.49. The molecule has 1 saturated heterocycles. The number of carbonyl (C=O) groups is 1. The Bertz CT molecular complexity index is 1100. The van der Waals surface area contributed by atoms with Gasteiger partial charge in [0.1, 0.15) is 13.2 Å². The normalized spacial score (nSPS) is 16.2. The highest BCUT2D eigenvalue weighted by atomic mass is 35.5. The fourth-order valence-electron chi connectivity index (χ4n) is 3.86. The first-order chi connectivity index (χ1) is 15.3. The molecule has 2 aromatic carbocycles. The topological polar surface area (TPSA) is 88.2 Å². The Kier molecular flexibility index (Phi) is 6.78. The van der Waals surface area contributed by atoms with E-state index in [4.69, 9.17) is 21.1 Å². The summed E-state index contributed by atoms with van der Waals surface area (Å²) in [5, 5.41) is 3.34. The third kappa shape index (κ3) is 4.95. The van der Waals surface area contributed by atoms with Crippen molar-refractivity contribution < 1.29 is 22.7 Å². The van der Waals surface area contributed by atoms with Gasteiger partial charge in [-0.1, -0.05) is 11.6 Å². The van der Waals surface area contributed by atoms with Crippen LogP contribution in [0, 0.1) is 0 Å². The molecule has 0 aliphatic carbocycles. The first kappa shape index (κ1) is 22.7. The molecule has 8 nitrogen and oxygen atoms in total. The van der Waals surface area contributed by atoms with Crippen molar-refractivity contribution in [1.82, 2.24) is 4.31 Å². The van der Waals surface area contributed by atoms with Gasteiger partial charge in [0.05, 0.1) is 22.8 Å². The molecular weight excluding hydrogens is 454 g/mol. The largest absolute Gasteiger partial charge is 0.486 e. The SMILES string of the molecule is CN(CC(=O)Nc1cc(Cl)ccc1N1CCCCC1)S(=O)(=O)c1ccc2c(c1)OCCO2. The van der Waals surface area contributed by atoms with E-state index in [9.17, 15) is 13.2 Å². The number of hydrogen-bond donors (Lipinski definition) is 1. The van der Waals surface area contributed by atoms with Crippen molar-refractivity contribution in [2.45, 2.75) is 24.2 Å². The van der Waals surface area contributed by atoms with E-state index in [1.54, 1.807) is 18.2 Å². The summed E-state index contributed by atoms with van der Waals surface area (Å²) >= 11 is 6.16. The molecule has 172 valence electrons. The second-order valence-corrected chi connectivity index (χ2v) is 10.3. The van der Waals surface area contributed by atoms with Gasteiger partial charge in [0.2, 0.25) is 15.9 Å². The maximum Gasteiger partial charge on any atom is 0.243 e. The number of anilines is 2. The number of fused-ring (bicyclic) bond motifs is 1. The van der Waals surface area contributed by atoms with E-state index in [1.807, 2.05) is 6.07 Å². The molecule has 2 aliphatic rings. The fraction of sp³-hybridized carbons (Fsp3) is 0.409. The van der Waals surface area contributed by atoms with Crippen LogP contribution in [0.2, 0.25) is 5.02 Å². The smallest absolute Gasteiger partial charge is 0.243 e. The van der Waals surface area contributed by atoms with E-state index in [1.165, 1.54) is 25.6 Å². The molecule has 2 aromatic rings. The van der Waals surface area contributed by atoms with Crippen LogP contribution in [0.5, 0.6) is 11.5 Å². The average molecular weight is 480 g/mol. The molecule has 0 bridgehead atoms. The van der Waals surface area contributed by atoms with Crippen molar-refractivity contribution in [2.75, 3.05) is 50.1 Å². The highest BCUT2D eigenvalue weighted by Crippen LogP contribution is 2.33. The van der Waals surface area contributed by atoms with Gasteiger partial charge in [-0.3, -0.25) is 4.79 Å². The predicted molar refractivity (Wildman–Crippen MR) is 123 cm³/mol. The molecule has 1 fully saturated rings. The molecule has 1 amide bonds. The molecule has 0 unspecified atom stereocenters. The van der Waals surface area contributed by atoms with E-state index in [0.717, 1.165) is 35.9 Å². The van der Waals surface area contributed by atoms with Crippen LogP contribution in [0.15, 0.2) is 41.3 Å². The van der Waals surface area contributed by atoms with E-state index in [0.29, 0.717) is 35.4 Å². The Labute approximate surface area is 193 Å². The molecule has 0 saturated carbocycles. The van der Waals surface area contributed by atoms with E-state index >= 15 is 0 Å². The number of nitrogens with zero attached hydrogens (tertiary/aromatic N) is 2. The Morgan fingerprint density at radius 1 is 1.06 bits per heavy atom.